The van der Waals surface area contributed by atoms with Gasteiger partial charge in [0, 0.05) is 31.7 Å². The molecule has 3 nitrogen and oxygen atoms in total. The van der Waals surface area contributed by atoms with Gasteiger partial charge in [0.25, 0.3) is 0 Å². The molecule has 0 amide bonds. The highest BCUT2D eigenvalue weighted by Crippen LogP contribution is 2.26. The summed E-state index contributed by atoms with van der Waals surface area (Å²) in [4.78, 5) is 5.07. The number of hydrogen-bond acceptors (Lipinski definition) is 3. The summed E-state index contributed by atoms with van der Waals surface area (Å²) in [6.45, 7) is 8.38. The second-order valence-corrected chi connectivity index (χ2v) is 5.34. The maximum Gasteiger partial charge on any atom is 0.0249 e. The first-order valence-corrected chi connectivity index (χ1v) is 6.97. The van der Waals surface area contributed by atoms with Crippen molar-refractivity contribution in [1.29, 1.82) is 0 Å². The van der Waals surface area contributed by atoms with Crippen LogP contribution in [-0.4, -0.2) is 61.7 Å². The maximum atomic E-state index is 3.76. The summed E-state index contributed by atoms with van der Waals surface area (Å²) in [6.07, 6.45) is 5.64. The van der Waals surface area contributed by atoms with Crippen molar-refractivity contribution in [2.75, 3.05) is 39.8 Å². The molecule has 2 saturated heterocycles. The smallest absolute Gasteiger partial charge is 0.0249 e. The van der Waals surface area contributed by atoms with Crippen LogP contribution in [0.25, 0.3) is 0 Å². The number of piperidine rings is 1. The average Bonchev–Trinajstić information content (AvgIpc) is 2.73. The second kappa shape index (κ2) is 5.99. The van der Waals surface area contributed by atoms with Crippen LogP contribution in [-0.2, 0) is 0 Å². The molecule has 94 valence electrons. The molecule has 0 spiro atoms. The quantitative estimate of drug-likeness (QED) is 0.757. The first kappa shape index (κ1) is 12.3. The third kappa shape index (κ3) is 2.96. The van der Waals surface area contributed by atoms with Gasteiger partial charge in [-0.1, -0.05) is 13.3 Å². The van der Waals surface area contributed by atoms with Crippen molar-refractivity contribution >= 4 is 0 Å². The van der Waals surface area contributed by atoms with Crippen LogP contribution in [0.5, 0.6) is 0 Å². The van der Waals surface area contributed by atoms with E-state index in [1.54, 1.807) is 0 Å². The van der Waals surface area contributed by atoms with Gasteiger partial charge < -0.3 is 10.2 Å². The van der Waals surface area contributed by atoms with Crippen molar-refractivity contribution in [1.82, 2.24) is 15.1 Å². The number of fused-ring (bicyclic) bond motifs is 1. The Morgan fingerprint density at radius 3 is 2.94 bits per heavy atom. The molecule has 0 bridgehead atoms. The van der Waals surface area contributed by atoms with Crippen molar-refractivity contribution in [2.45, 2.75) is 44.7 Å². The Hall–Kier alpha value is -0.120. The third-order valence-electron chi connectivity index (χ3n) is 4.30. The van der Waals surface area contributed by atoms with Crippen LogP contribution in [0.3, 0.4) is 0 Å². The highest BCUT2D eigenvalue weighted by molar-refractivity contribution is 4.93. The standard InChI is InChI=1S/C13H27N3/c1-3-15(2)11-8-14-12-7-10-16-9-5-4-6-13(12)16/h12-14H,3-11H2,1-2H3. The van der Waals surface area contributed by atoms with Crippen LogP contribution < -0.4 is 5.32 Å². The fourth-order valence-corrected chi connectivity index (χ4v) is 3.08. The highest BCUT2D eigenvalue weighted by atomic mass is 15.2. The number of rotatable bonds is 5. The summed E-state index contributed by atoms with van der Waals surface area (Å²) in [5.41, 5.74) is 0. The lowest BCUT2D eigenvalue weighted by atomic mass is 9.99. The Labute approximate surface area is 100 Å². The molecule has 1 N–H and O–H groups in total. The minimum atomic E-state index is 0.769. The van der Waals surface area contributed by atoms with E-state index in [-0.39, 0.29) is 0 Å². The van der Waals surface area contributed by atoms with E-state index < -0.39 is 0 Å². The summed E-state index contributed by atoms with van der Waals surface area (Å²) < 4.78 is 0. The Bertz CT molecular complexity index is 207. The van der Waals surface area contributed by atoms with E-state index >= 15 is 0 Å². The third-order valence-corrected chi connectivity index (χ3v) is 4.30. The van der Waals surface area contributed by atoms with Gasteiger partial charge in [-0.2, -0.15) is 0 Å². The maximum absolute atomic E-state index is 3.76. The summed E-state index contributed by atoms with van der Waals surface area (Å²) in [6, 6.07) is 1.62. The molecular formula is C13H27N3. The predicted octanol–water partition coefficient (Wildman–Crippen LogP) is 1.15. The van der Waals surface area contributed by atoms with E-state index in [1.165, 1.54) is 45.3 Å². The Morgan fingerprint density at radius 1 is 1.25 bits per heavy atom. The van der Waals surface area contributed by atoms with Gasteiger partial charge in [0.15, 0.2) is 0 Å². The molecule has 2 fully saturated rings. The fraction of sp³-hybridized carbons (Fsp3) is 1.00. The van der Waals surface area contributed by atoms with Crippen molar-refractivity contribution in [3.63, 3.8) is 0 Å². The summed E-state index contributed by atoms with van der Waals surface area (Å²) >= 11 is 0. The van der Waals surface area contributed by atoms with Crippen LogP contribution in [0, 0.1) is 0 Å². The molecule has 2 heterocycles. The molecule has 0 aromatic heterocycles. The topological polar surface area (TPSA) is 18.5 Å². The molecule has 2 rings (SSSR count). The number of nitrogens with one attached hydrogen (secondary N) is 1. The van der Waals surface area contributed by atoms with E-state index in [1.807, 2.05) is 0 Å². The molecule has 2 aliphatic rings. The lowest BCUT2D eigenvalue weighted by molar-refractivity contribution is 0.179. The second-order valence-electron chi connectivity index (χ2n) is 5.34. The molecule has 16 heavy (non-hydrogen) atoms. The summed E-state index contributed by atoms with van der Waals surface area (Å²) in [5, 5.41) is 3.76. The Balaban J connectivity index is 1.69. The molecule has 0 aromatic rings. The number of nitrogens with zero attached hydrogens (tertiary/aromatic N) is 2. The molecule has 2 atom stereocenters. The van der Waals surface area contributed by atoms with Crippen molar-refractivity contribution in [3.05, 3.63) is 0 Å². The zero-order chi connectivity index (χ0) is 11.4. The first-order valence-electron chi connectivity index (χ1n) is 6.97. The van der Waals surface area contributed by atoms with Crippen LogP contribution >= 0.6 is 0 Å². The minimum Gasteiger partial charge on any atom is -0.311 e. The number of hydrogen-bond donors (Lipinski definition) is 1. The molecule has 0 radical (unpaired) electrons. The van der Waals surface area contributed by atoms with Gasteiger partial charge in [-0.3, -0.25) is 4.90 Å². The first-order chi connectivity index (χ1) is 7.81. The van der Waals surface area contributed by atoms with Gasteiger partial charge in [0.05, 0.1) is 0 Å². The van der Waals surface area contributed by atoms with Gasteiger partial charge in [-0.05, 0) is 39.4 Å². The predicted molar refractivity (Wildman–Crippen MR) is 68.8 cm³/mol. The SMILES string of the molecule is CCN(C)CCNC1CCN2CCCCC12. The minimum absolute atomic E-state index is 0.769. The normalized spacial score (nSPS) is 30.9. The van der Waals surface area contributed by atoms with Crippen LogP contribution in [0.15, 0.2) is 0 Å². The zero-order valence-electron chi connectivity index (χ0n) is 10.9. The lowest BCUT2D eigenvalue weighted by Crippen LogP contribution is -2.46. The van der Waals surface area contributed by atoms with Gasteiger partial charge in [0.1, 0.15) is 0 Å². The lowest BCUT2D eigenvalue weighted by Gasteiger charge is -2.33. The molecule has 0 saturated carbocycles. The molecule has 3 heteroatoms. The number of likely N-dealkylation sites (N-methyl/N-ethyl adjacent to an activating group) is 1. The molecule has 0 aliphatic carbocycles. The van der Waals surface area contributed by atoms with E-state index in [2.05, 4.69) is 29.1 Å². The van der Waals surface area contributed by atoms with Gasteiger partial charge >= 0.3 is 0 Å². The highest BCUT2D eigenvalue weighted by Gasteiger charge is 2.34. The Kier molecular flexibility index (Phi) is 4.62. The van der Waals surface area contributed by atoms with Gasteiger partial charge in [-0.15, -0.1) is 0 Å². The fourth-order valence-electron chi connectivity index (χ4n) is 3.08. The molecule has 2 aliphatic heterocycles. The van der Waals surface area contributed by atoms with Crippen molar-refractivity contribution in [3.8, 4) is 0 Å². The van der Waals surface area contributed by atoms with Crippen molar-refractivity contribution in [2.24, 2.45) is 0 Å². The van der Waals surface area contributed by atoms with Crippen LogP contribution in [0.4, 0.5) is 0 Å². The summed E-state index contributed by atoms with van der Waals surface area (Å²) in [7, 11) is 2.20. The van der Waals surface area contributed by atoms with E-state index in [4.69, 9.17) is 0 Å². The summed E-state index contributed by atoms with van der Waals surface area (Å²) in [5.74, 6) is 0. The largest absolute Gasteiger partial charge is 0.311 e. The van der Waals surface area contributed by atoms with Crippen LogP contribution in [0.1, 0.15) is 32.6 Å². The van der Waals surface area contributed by atoms with E-state index in [0.717, 1.165) is 25.2 Å². The molecule has 0 aromatic carbocycles. The van der Waals surface area contributed by atoms with Crippen LogP contribution in [0.2, 0.25) is 0 Å². The van der Waals surface area contributed by atoms with E-state index in [0.29, 0.717) is 0 Å². The Morgan fingerprint density at radius 2 is 2.12 bits per heavy atom. The van der Waals surface area contributed by atoms with Gasteiger partial charge in [0.2, 0.25) is 0 Å². The monoisotopic (exact) mass is 225 g/mol. The van der Waals surface area contributed by atoms with Crippen molar-refractivity contribution < 1.29 is 0 Å². The van der Waals surface area contributed by atoms with E-state index in [9.17, 15) is 0 Å². The van der Waals surface area contributed by atoms with Gasteiger partial charge in [-0.25, -0.2) is 0 Å². The zero-order valence-corrected chi connectivity index (χ0v) is 10.9. The average molecular weight is 225 g/mol. The molecular weight excluding hydrogens is 198 g/mol. The molecule has 2 unspecified atom stereocenters.